The average Bonchev–Trinajstić information content (AvgIpc) is 2.90. The Labute approximate surface area is 257 Å². The molecule has 44 heavy (non-hydrogen) atoms. The third-order valence-corrected chi connectivity index (χ3v) is 7.75. The molecule has 0 aliphatic rings. The molecule has 244 valence electrons. The molecule has 0 aromatic heterocycles. The van der Waals surface area contributed by atoms with Crippen molar-refractivity contribution in [2.75, 3.05) is 19.7 Å². The van der Waals surface area contributed by atoms with Crippen LogP contribution in [-0.2, 0) is 25.9 Å². The van der Waals surface area contributed by atoms with E-state index in [9.17, 15) is 38.3 Å². The molecule has 0 saturated heterocycles. The second-order valence-corrected chi connectivity index (χ2v) is 14.0. The lowest BCUT2D eigenvalue weighted by Gasteiger charge is -2.32. The molecule has 0 aliphatic carbocycles. The number of aliphatic hydroxyl groups excluding tert-OH is 2. The minimum atomic E-state index is -4.47. The molecule has 4 N–H and O–H groups in total. The third kappa shape index (κ3) is 12.1. The Kier molecular flexibility index (Phi) is 12.6. The number of hydrogen-bond acceptors (Lipinski definition) is 10. The van der Waals surface area contributed by atoms with Crippen molar-refractivity contribution >= 4 is 27.9 Å². The average molecular weight is 639 g/mol. The third-order valence-electron chi connectivity index (χ3n) is 5.91. The highest BCUT2D eigenvalue weighted by Gasteiger charge is 2.34. The highest BCUT2D eigenvalue weighted by molar-refractivity contribution is 7.89. The lowest BCUT2D eigenvalue weighted by atomic mass is 10.0. The first-order chi connectivity index (χ1) is 20.3. The van der Waals surface area contributed by atoms with Crippen LogP contribution in [0.3, 0.4) is 0 Å². The fraction of sp³-hybridized carbons (Fsp3) is 0.517. The zero-order valence-corrected chi connectivity index (χ0v) is 26.5. The first-order valence-electron chi connectivity index (χ1n) is 13.9. The second-order valence-electron chi connectivity index (χ2n) is 12.1. The minimum Gasteiger partial charge on any atom is -0.444 e. The lowest BCUT2D eigenvalue weighted by molar-refractivity contribution is -0.384. The predicted molar refractivity (Wildman–Crippen MR) is 161 cm³/mol. The summed E-state index contributed by atoms with van der Waals surface area (Å²) in [4.78, 5) is 35.2. The molecular formula is C29H42N4O10S. The number of carbonyl (C=O) groups excluding carboxylic acids is 2. The maximum Gasteiger partial charge on any atom is 0.407 e. The van der Waals surface area contributed by atoms with Crippen LogP contribution in [0.4, 0.5) is 15.3 Å². The molecule has 0 spiro atoms. The normalized spacial score (nSPS) is 14.3. The quantitative estimate of drug-likeness (QED) is 0.187. The highest BCUT2D eigenvalue weighted by atomic mass is 32.2. The highest BCUT2D eigenvalue weighted by Crippen LogP contribution is 2.22. The largest absolute Gasteiger partial charge is 0.444 e. The Morgan fingerprint density at radius 2 is 1.43 bits per heavy atom. The van der Waals surface area contributed by atoms with Crippen molar-refractivity contribution in [3.63, 3.8) is 0 Å². The van der Waals surface area contributed by atoms with Crippen LogP contribution in [0.1, 0.15) is 47.1 Å². The molecule has 2 aromatic rings. The van der Waals surface area contributed by atoms with Gasteiger partial charge in [0, 0.05) is 25.2 Å². The van der Waals surface area contributed by atoms with Crippen LogP contribution < -0.4 is 10.6 Å². The van der Waals surface area contributed by atoms with E-state index in [4.69, 9.17) is 9.47 Å². The fourth-order valence-electron chi connectivity index (χ4n) is 3.97. The smallest absolute Gasteiger partial charge is 0.407 e. The number of nitro benzene ring substituents is 1. The van der Waals surface area contributed by atoms with E-state index in [2.05, 4.69) is 10.6 Å². The number of alkyl carbamates (subject to hydrolysis) is 2. The predicted octanol–water partition coefficient (Wildman–Crippen LogP) is 2.97. The molecule has 3 atom stereocenters. The molecule has 0 bridgehead atoms. The number of amides is 2. The number of carbonyl (C=O) groups is 2. The Hall–Kier alpha value is -3.79. The topological polar surface area (TPSA) is 198 Å². The number of benzene rings is 2. The van der Waals surface area contributed by atoms with E-state index < -0.39 is 76.2 Å². The number of aliphatic hydroxyl groups is 2. The summed E-state index contributed by atoms with van der Waals surface area (Å²) < 4.78 is 39.0. The summed E-state index contributed by atoms with van der Waals surface area (Å²) >= 11 is 0. The van der Waals surface area contributed by atoms with Gasteiger partial charge < -0.3 is 30.3 Å². The monoisotopic (exact) mass is 638 g/mol. The summed E-state index contributed by atoms with van der Waals surface area (Å²) in [7, 11) is -4.47. The van der Waals surface area contributed by atoms with Crippen LogP contribution >= 0.6 is 0 Å². The Morgan fingerprint density at radius 3 is 1.91 bits per heavy atom. The van der Waals surface area contributed by atoms with Crippen LogP contribution in [0.2, 0.25) is 0 Å². The Morgan fingerprint density at radius 1 is 0.909 bits per heavy atom. The van der Waals surface area contributed by atoms with Crippen molar-refractivity contribution in [1.82, 2.24) is 14.9 Å². The number of non-ortho nitro benzene ring substituents is 1. The van der Waals surface area contributed by atoms with Gasteiger partial charge in [0.2, 0.25) is 10.0 Å². The summed E-state index contributed by atoms with van der Waals surface area (Å²) in [6.07, 6.45) is -3.15. The van der Waals surface area contributed by atoms with E-state index in [1.54, 1.807) is 71.9 Å². The second kappa shape index (κ2) is 15.3. The van der Waals surface area contributed by atoms with Crippen molar-refractivity contribution in [3.05, 3.63) is 70.3 Å². The molecule has 0 saturated carbocycles. The summed E-state index contributed by atoms with van der Waals surface area (Å²) in [6, 6.07) is 10.8. The molecule has 0 fully saturated rings. The fourth-order valence-corrected chi connectivity index (χ4v) is 5.48. The van der Waals surface area contributed by atoms with Gasteiger partial charge in [-0.05, 0) is 65.7 Å². The van der Waals surface area contributed by atoms with Gasteiger partial charge in [-0.1, -0.05) is 30.3 Å². The van der Waals surface area contributed by atoms with E-state index in [0.717, 1.165) is 34.1 Å². The van der Waals surface area contributed by atoms with Gasteiger partial charge in [0.25, 0.3) is 5.69 Å². The van der Waals surface area contributed by atoms with Gasteiger partial charge in [0.05, 0.1) is 34.6 Å². The van der Waals surface area contributed by atoms with E-state index in [1.165, 1.54) is 0 Å². The van der Waals surface area contributed by atoms with Crippen LogP contribution in [-0.4, -0.2) is 89.1 Å². The van der Waals surface area contributed by atoms with E-state index in [1.807, 2.05) is 0 Å². The van der Waals surface area contributed by atoms with Crippen molar-refractivity contribution in [2.24, 2.45) is 0 Å². The minimum absolute atomic E-state index is 0.103. The van der Waals surface area contributed by atoms with Gasteiger partial charge in [-0.3, -0.25) is 10.1 Å². The number of nitrogens with one attached hydrogen (secondary N) is 2. The molecule has 15 heteroatoms. The van der Waals surface area contributed by atoms with Crippen molar-refractivity contribution < 1.29 is 42.6 Å². The van der Waals surface area contributed by atoms with E-state index >= 15 is 0 Å². The number of hydrogen-bond donors (Lipinski definition) is 4. The number of sulfonamides is 1. The molecule has 2 amide bonds. The van der Waals surface area contributed by atoms with Gasteiger partial charge in [-0.2, -0.15) is 4.31 Å². The molecule has 0 unspecified atom stereocenters. The maximum absolute atomic E-state index is 13.8. The Bertz CT molecular complexity index is 1360. The standard InChI is InChI=1S/C29H42N4O10S/c1-28(2,3)42-26(36)30-21(19-34)17-32(44(40,41)23-14-12-22(13-15-23)33(38)39)18-25(35)24(16-20-10-8-7-9-11-20)31-27(37)43-29(4,5)6/h7-15,21,24-25,34-35H,16-19H2,1-6H3,(H,30,36)(H,31,37)/t21-,24-,25+/m0/s1. The molecule has 14 nitrogen and oxygen atoms in total. The maximum atomic E-state index is 13.8. The van der Waals surface area contributed by atoms with E-state index in [-0.39, 0.29) is 17.0 Å². The van der Waals surface area contributed by atoms with Crippen LogP contribution in [0.5, 0.6) is 0 Å². The number of rotatable bonds is 13. The molecule has 2 aromatic carbocycles. The van der Waals surface area contributed by atoms with Gasteiger partial charge in [0.1, 0.15) is 11.2 Å². The van der Waals surface area contributed by atoms with Gasteiger partial charge in [-0.25, -0.2) is 18.0 Å². The SMILES string of the molecule is CC(C)(C)OC(=O)N[C@H](CO)CN(C[C@@H](O)[C@H](Cc1ccccc1)NC(=O)OC(C)(C)C)S(=O)(=O)c1ccc([N+](=O)[O-])cc1. The summed E-state index contributed by atoms with van der Waals surface area (Å²) in [5, 5.41) is 37.6. The van der Waals surface area contributed by atoms with E-state index in [0.29, 0.717) is 0 Å². The van der Waals surface area contributed by atoms with Crippen molar-refractivity contribution in [1.29, 1.82) is 0 Å². The van der Waals surface area contributed by atoms with Gasteiger partial charge >= 0.3 is 12.2 Å². The lowest BCUT2D eigenvalue weighted by Crippen LogP contribution is -2.54. The van der Waals surface area contributed by atoms with Gasteiger partial charge in [0.15, 0.2) is 0 Å². The van der Waals surface area contributed by atoms with Gasteiger partial charge in [-0.15, -0.1) is 0 Å². The molecule has 2 rings (SSSR count). The van der Waals surface area contributed by atoms with Crippen molar-refractivity contribution in [3.8, 4) is 0 Å². The zero-order valence-electron chi connectivity index (χ0n) is 25.7. The first kappa shape index (κ1) is 36.4. The molecular weight excluding hydrogens is 596 g/mol. The first-order valence-corrected chi connectivity index (χ1v) is 15.3. The number of nitrogens with zero attached hydrogens (tertiary/aromatic N) is 2. The number of nitro groups is 1. The summed E-state index contributed by atoms with van der Waals surface area (Å²) in [6.45, 7) is 8.09. The molecule has 0 heterocycles. The summed E-state index contributed by atoms with van der Waals surface area (Å²) in [5.41, 5.74) is -1.32. The van der Waals surface area contributed by atoms with Crippen LogP contribution in [0, 0.1) is 10.1 Å². The van der Waals surface area contributed by atoms with Crippen LogP contribution in [0.15, 0.2) is 59.5 Å². The molecule has 0 radical (unpaired) electrons. The molecule has 0 aliphatic heterocycles. The van der Waals surface area contributed by atoms with Crippen LogP contribution in [0.25, 0.3) is 0 Å². The van der Waals surface area contributed by atoms with Crippen molar-refractivity contribution in [2.45, 2.75) is 82.2 Å². The Balaban J connectivity index is 2.45. The summed E-state index contributed by atoms with van der Waals surface area (Å²) in [5.74, 6) is 0. The number of ether oxygens (including phenoxy) is 2. The zero-order chi connectivity index (χ0) is 33.3.